The molecule has 3 heterocycles. The third kappa shape index (κ3) is 3.00. The van der Waals surface area contributed by atoms with Crippen molar-refractivity contribution in [1.82, 2.24) is 9.21 Å². The van der Waals surface area contributed by atoms with E-state index in [1.54, 1.807) is 12.1 Å². The number of ether oxygens (including phenoxy) is 2. The van der Waals surface area contributed by atoms with Gasteiger partial charge in [-0.25, -0.2) is 8.42 Å². The second-order valence-corrected chi connectivity index (χ2v) is 9.49. The zero-order chi connectivity index (χ0) is 18.3. The highest BCUT2D eigenvalue weighted by Crippen LogP contribution is 2.34. The van der Waals surface area contributed by atoms with Crippen molar-refractivity contribution in [2.24, 2.45) is 0 Å². The number of nitrogens with zero attached hydrogens (tertiary/aromatic N) is 2. The molecule has 1 aromatic heterocycles. The van der Waals surface area contributed by atoms with Crippen LogP contribution in [-0.2, 0) is 23.0 Å². The standard InChI is InChI=1S/C18H22N2O4S2/c1-23-15-3-4-16(24-2)18(9-15)26(21,22)20-11-14(12-20)19-7-5-17-13(10-19)6-8-25-17/h3-4,6,8-9,14H,5,7,10-12H2,1-2H3. The Labute approximate surface area is 158 Å². The van der Waals surface area contributed by atoms with Crippen molar-refractivity contribution in [2.45, 2.75) is 23.9 Å². The van der Waals surface area contributed by atoms with Crippen molar-refractivity contribution < 1.29 is 17.9 Å². The van der Waals surface area contributed by atoms with Gasteiger partial charge >= 0.3 is 0 Å². The number of sulfonamides is 1. The summed E-state index contributed by atoms with van der Waals surface area (Å²) in [6, 6.07) is 7.31. The van der Waals surface area contributed by atoms with E-state index in [9.17, 15) is 8.42 Å². The van der Waals surface area contributed by atoms with Gasteiger partial charge in [0.1, 0.15) is 16.4 Å². The SMILES string of the molecule is COc1ccc(OC)c(S(=O)(=O)N2CC(N3CCc4sccc4C3)C2)c1. The normalized spacial score (nSPS) is 19.0. The van der Waals surface area contributed by atoms with E-state index in [-0.39, 0.29) is 10.9 Å². The van der Waals surface area contributed by atoms with Gasteiger partial charge in [-0.3, -0.25) is 4.90 Å². The van der Waals surface area contributed by atoms with Crippen LogP contribution in [0, 0.1) is 0 Å². The van der Waals surface area contributed by atoms with Crippen molar-refractivity contribution in [1.29, 1.82) is 0 Å². The Morgan fingerprint density at radius 1 is 1.15 bits per heavy atom. The molecular formula is C18H22N2O4S2. The molecule has 4 rings (SSSR count). The third-order valence-corrected chi connectivity index (χ3v) is 8.05. The molecule has 1 fully saturated rings. The van der Waals surface area contributed by atoms with Crippen LogP contribution in [0.25, 0.3) is 0 Å². The van der Waals surface area contributed by atoms with Gasteiger partial charge in [0.2, 0.25) is 10.0 Å². The van der Waals surface area contributed by atoms with E-state index in [0.29, 0.717) is 24.6 Å². The quantitative estimate of drug-likeness (QED) is 0.778. The summed E-state index contributed by atoms with van der Waals surface area (Å²) in [4.78, 5) is 4.02. The van der Waals surface area contributed by atoms with Crippen LogP contribution in [-0.4, -0.2) is 57.5 Å². The maximum Gasteiger partial charge on any atom is 0.247 e. The molecule has 0 saturated carbocycles. The molecule has 0 N–H and O–H groups in total. The number of fused-ring (bicyclic) bond motifs is 1. The molecule has 0 atom stereocenters. The minimum Gasteiger partial charge on any atom is -0.497 e. The molecule has 0 aliphatic carbocycles. The van der Waals surface area contributed by atoms with Crippen LogP contribution < -0.4 is 9.47 Å². The summed E-state index contributed by atoms with van der Waals surface area (Å²) in [7, 11) is -0.596. The monoisotopic (exact) mass is 394 g/mol. The first-order chi connectivity index (χ1) is 12.5. The number of benzene rings is 1. The zero-order valence-electron chi connectivity index (χ0n) is 14.8. The highest BCUT2D eigenvalue weighted by Gasteiger charge is 2.41. The van der Waals surface area contributed by atoms with Gasteiger partial charge < -0.3 is 9.47 Å². The number of methoxy groups -OCH3 is 2. The number of rotatable bonds is 5. The molecule has 0 bridgehead atoms. The molecule has 2 aliphatic rings. The Morgan fingerprint density at radius 3 is 2.69 bits per heavy atom. The van der Waals surface area contributed by atoms with Gasteiger partial charge in [0.15, 0.2) is 0 Å². The maximum atomic E-state index is 13.0. The predicted molar refractivity (Wildman–Crippen MR) is 101 cm³/mol. The highest BCUT2D eigenvalue weighted by atomic mass is 32.2. The minimum atomic E-state index is -3.60. The van der Waals surface area contributed by atoms with Crippen molar-refractivity contribution in [3.63, 3.8) is 0 Å². The van der Waals surface area contributed by atoms with E-state index >= 15 is 0 Å². The van der Waals surface area contributed by atoms with Gasteiger partial charge in [0, 0.05) is 43.2 Å². The van der Waals surface area contributed by atoms with Crippen molar-refractivity contribution in [3.05, 3.63) is 40.1 Å². The summed E-state index contributed by atoms with van der Waals surface area (Å²) >= 11 is 1.82. The van der Waals surface area contributed by atoms with Gasteiger partial charge in [0.05, 0.1) is 14.2 Å². The van der Waals surface area contributed by atoms with Crippen LogP contribution in [0.2, 0.25) is 0 Å². The fourth-order valence-electron chi connectivity index (χ4n) is 3.55. The van der Waals surface area contributed by atoms with Crippen LogP contribution in [0.4, 0.5) is 0 Å². The van der Waals surface area contributed by atoms with E-state index in [1.165, 1.54) is 35.0 Å². The lowest BCUT2D eigenvalue weighted by atomic mass is 10.0. The van der Waals surface area contributed by atoms with Gasteiger partial charge in [0.25, 0.3) is 0 Å². The molecule has 6 nitrogen and oxygen atoms in total. The van der Waals surface area contributed by atoms with E-state index in [0.717, 1.165) is 19.5 Å². The summed E-state index contributed by atoms with van der Waals surface area (Å²) in [5, 5.41) is 2.14. The third-order valence-electron chi connectivity index (χ3n) is 5.17. The Bertz CT molecular complexity index is 904. The van der Waals surface area contributed by atoms with Crippen molar-refractivity contribution in [2.75, 3.05) is 33.9 Å². The number of hydrogen-bond acceptors (Lipinski definition) is 6. The topological polar surface area (TPSA) is 59.1 Å². The highest BCUT2D eigenvalue weighted by molar-refractivity contribution is 7.89. The number of thiophene rings is 1. The van der Waals surface area contributed by atoms with E-state index in [2.05, 4.69) is 16.3 Å². The Kier molecular flexibility index (Phi) is 4.68. The Hall–Kier alpha value is -1.61. The van der Waals surface area contributed by atoms with Crippen LogP contribution in [0.1, 0.15) is 10.4 Å². The zero-order valence-corrected chi connectivity index (χ0v) is 16.5. The van der Waals surface area contributed by atoms with Crippen LogP contribution in [0.5, 0.6) is 11.5 Å². The molecule has 26 heavy (non-hydrogen) atoms. The summed E-state index contributed by atoms with van der Waals surface area (Å²) in [6.45, 7) is 2.94. The molecule has 0 unspecified atom stereocenters. The molecular weight excluding hydrogens is 372 g/mol. The largest absolute Gasteiger partial charge is 0.497 e. The minimum absolute atomic E-state index is 0.163. The first kappa shape index (κ1) is 17.8. The average Bonchev–Trinajstić information content (AvgIpc) is 3.07. The molecule has 0 amide bonds. The molecule has 2 aliphatic heterocycles. The first-order valence-corrected chi connectivity index (χ1v) is 10.9. The summed E-state index contributed by atoms with van der Waals surface area (Å²) in [5.74, 6) is 0.845. The van der Waals surface area contributed by atoms with Crippen LogP contribution >= 0.6 is 11.3 Å². The van der Waals surface area contributed by atoms with Gasteiger partial charge in [-0.1, -0.05) is 0 Å². The smallest absolute Gasteiger partial charge is 0.247 e. The van der Waals surface area contributed by atoms with Gasteiger partial charge in [-0.2, -0.15) is 4.31 Å². The fraction of sp³-hybridized carbons (Fsp3) is 0.444. The Balaban J connectivity index is 1.48. The van der Waals surface area contributed by atoms with E-state index in [4.69, 9.17) is 9.47 Å². The number of hydrogen-bond donors (Lipinski definition) is 0. The maximum absolute atomic E-state index is 13.0. The molecule has 1 aromatic carbocycles. The lowest BCUT2D eigenvalue weighted by Gasteiger charge is -2.45. The van der Waals surface area contributed by atoms with Gasteiger partial charge in [-0.05, 0) is 35.6 Å². The van der Waals surface area contributed by atoms with Crippen molar-refractivity contribution >= 4 is 21.4 Å². The molecule has 2 aromatic rings. The lowest BCUT2D eigenvalue weighted by molar-refractivity contribution is 0.0774. The fourth-order valence-corrected chi connectivity index (χ4v) is 6.13. The van der Waals surface area contributed by atoms with E-state index < -0.39 is 10.0 Å². The summed E-state index contributed by atoms with van der Waals surface area (Å²) < 4.78 is 38.0. The molecule has 8 heteroatoms. The summed E-state index contributed by atoms with van der Waals surface area (Å²) in [6.07, 6.45) is 1.06. The molecule has 0 radical (unpaired) electrons. The molecule has 1 saturated heterocycles. The Morgan fingerprint density at radius 2 is 1.96 bits per heavy atom. The second kappa shape index (κ2) is 6.84. The molecule has 0 spiro atoms. The lowest BCUT2D eigenvalue weighted by Crippen LogP contribution is -2.61. The average molecular weight is 395 g/mol. The summed E-state index contributed by atoms with van der Waals surface area (Å²) in [5.41, 5.74) is 1.39. The van der Waals surface area contributed by atoms with Gasteiger partial charge in [-0.15, -0.1) is 11.3 Å². The van der Waals surface area contributed by atoms with Crippen molar-refractivity contribution in [3.8, 4) is 11.5 Å². The van der Waals surface area contributed by atoms with Crippen LogP contribution in [0.3, 0.4) is 0 Å². The second-order valence-electron chi connectivity index (χ2n) is 6.58. The predicted octanol–water partition coefficient (Wildman–Crippen LogP) is 2.20. The van der Waals surface area contributed by atoms with Crippen LogP contribution in [0.15, 0.2) is 34.5 Å². The van der Waals surface area contributed by atoms with E-state index in [1.807, 2.05) is 11.3 Å². The first-order valence-electron chi connectivity index (χ1n) is 8.54. The molecule has 140 valence electrons.